The first-order valence-corrected chi connectivity index (χ1v) is 7.28. The first-order chi connectivity index (χ1) is 7.57. The maximum atomic E-state index is 4.35. The van der Waals surface area contributed by atoms with Crippen LogP contribution in [0.1, 0.15) is 19.8 Å². The maximum Gasteiger partial charge on any atom is 0.183 e. The predicted octanol–water partition coefficient (Wildman–Crippen LogP) is 3.05. The first kappa shape index (κ1) is 12.3. The molecule has 1 aromatic rings. The number of aromatic nitrogens is 1. The van der Waals surface area contributed by atoms with Gasteiger partial charge in [-0.15, -0.1) is 11.3 Å². The zero-order chi connectivity index (χ0) is 11.6. The van der Waals surface area contributed by atoms with Crippen molar-refractivity contribution >= 4 is 32.4 Å². The monoisotopic (exact) mass is 303 g/mol. The molecule has 0 saturated carbocycles. The molecule has 2 heterocycles. The highest BCUT2D eigenvalue weighted by Gasteiger charge is 2.28. The summed E-state index contributed by atoms with van der Waals surface area (Å²) in [5.41, 5.74) is 0.421. The van der Waals surface area contributed by atoms with Gasteiger partial charge in [-0.2, -0.15) is 0 Å². The number of piperidine rings is 1. The van der Waals surface area contributed by atoms with Crippen LogP contribution in [0.25, 0.3) is 0 Å². The summed E-state index contributed by atoms with van der Waals surface area (Å²) in [6.07, 6.45) is 2.53. The smallest absolute Gasteiger partial charge is 0.183 e. The van der Waals surface area contributed by atoms with Crippen LogP contribution < -0.4 is 5.32 Å². The van der Waals surface area contributed by atoms with E-state index in [0.717, 1.165) is 16.3 Å². The fraction of sp³-hybridized carbons (Fsp3) is 0.727. The summed E-state index contributed by atoms with van der Waals surface area (Å²) in [4.78, 5) is 6.76. The van der Waals surface area contributed by atoms with E-state index in [2.05, 4.69) is 45.1 Å². The topological polar surface area (TPSA) is 28.2 Å². The minimum absolute atomic E-state index is 0.421. The van der Waals surface area contributed by atoms with E-state index < -0.39 is 0 Å². The van der Waals surface area contributed by atoms with Gasteiger partial charge in [0.25, 0.3) is 0 Å². The average Bonchev–Trinajstić information content (AvgIpc) is 2.67. The lowest BCUT2D eigenvalue weighted by atomic mass is 9.80. The molecule has 5 heteroatoms. The van der Waals surface area contributed by atoms with Crippen molar-refractivity contribution in [3.63, 3.8) is 0 Å². The van der Waals surface area contributed by atoms with Crippen LogP contribution in [-0.2, 0) is 0 Å². The molecular weight excluding hydrogens is 286 g/mol. The van der Waals surface area contributed by atoms with Crippen molar-refractivity contribution in [3.8, 4) is 0 Å². The van der Waals surface area contributed by atoms with Gasteiger partial charge in [-0.1, -0.05) is 6.92 Å². The highest BCUT2D eigenvalue weighted by molar-refractivity contribution is 9.10. The van der Waals surface area contributed by atoms with Gasteiger partial charge in [0.05, 0.1) is 0 Å². The van der Waals surface area contributed by atoms with Crippen molar-refractivity contribution in [3.05, 3.63) is 9.98 Å². The lowest BCUT2D eigenvalue weighted by molar-refractivity contribution is 0.150. The molecule has 1 aliphatic heterocycles. The molecule has 1 N–H and O–H groups in total. The van der Waals surface area contributed by atoms with Crippen LogP contribution in [0.15, 0.2) is 9.98 Å². The van der Waals surface area contributed by atoms with E-state index in [1.54, 1.807) is 11.3 Å². The van der Waals surface area contributed by atoms with Crippen molar-refractivity contribution in [2.24, 2.45) is 5.41 Å². The Morgan fingerprint density at radius 3 is 2.81 bits per heavy atom. The van der Waals surface area contributed by atoms with Crippen LogP contribution in [-0.4, -0.2) is 36.6 Å². The van der Waals surface area contributed by atoms with Crippen molar-refractivity contribution in [1.29, 1.82) is 0 Å². The number of thiazole rings is 1. The molecule has 2 rings (SSSR count). The Bertz CT molecular complexity index is 345. The van der Waals surface area contributed by atoms with Gasteiger partial charge < -0.3 is 10.2 Å². The second-order valence-corrected chi connectivity index (χ2v) is 6.61. The van der Waals surface area contributed by atoms with E-state index in [1.165, 1.54) is 25.9 Å². The SMILES string of the molecule is CN1CCC(C)(CNc2nc(Br)cs2)CC1. The number of nitrogens with zero attached hydrogens (tertiary/aromatic N) is 2. The molecule has 0 bridgehead atoms. The molecule has 0 atom stereocenters. The van der Waals surface area contributed by atoms with Crippen LogP contribution in [0.5, 0.6) is 0 Å². The third-order valence-electron chi connectivity index (χ3n) is 3.34. The third-order valence-corrected chi connectivity index (χ3v) is 4.85. The number of anilines is 1. The lowest BCUT2D eigenvalue weighted by Crippen LogP contribution is -2.40. The molecule has 1 fully saturated rings. The zero-order valence-corrected chi connectivity index (χ0v) is 12.2. The average molecular weight is 304 g/mol. The van der Waals surface area contributed by atoms with Gasteiger partial charge in [0.1, 0.15) is 4.60 Å². The second kappa shape index (κ2) is 5.02. The Morgan fingerprint density at radius 2 is 2.25 bits per heavy atom. The maximum absolute atomic E-state index is 4.35. The Labute approximate surface area is 109 Å². The molecule has 90 valence electrons. The van der Waals surface area contributed by atoms with Gasteiger partial charge in [-0.3, -0.25) is 0 Å². The largest absolute Gasteiger partial charge is 0.361 e. The van der Waals surface area contributed by atoms with Crippen molar-refractivity contribution in [2.75, 3.05) is 32.0 Å². The Morgan fingerprint density at radius 1 is 1.56 bits per heavy atom. The van der Waals surface area contributed by atoms with E-state index in [9.17, 15) is 0 Å². The number of halogens is 1. The normalized spacial score (nSPS) is 20.9. The third kappa shape index (κ3) is 3.18. The summed E-state index contributed by atoms with van der Waals surface area (Å²) in [5, 5.41) is 6.48. The number of hydrogen-bond acceptors (Lipinski definition) is 4. The van der Waals surface area contributed by atoms with E-state index in [1.807, 2.05) is 5.38 Å². The molecule has 0 aromatic carbocycles. The van der Waals surface area contributed by atoms with Gasteiger partial charge >= 0.3 is 0 Å². The predicted molar refractivity (Wildman–Crippen MR) is 73.1 cm³/mol. The number of rotatable bonds is 3. The molecule has 0 spiro atoms. The van der Waals surface area contributed by atoms with E-state index in [0.29, 0.717) is 5.41 Å². The highest BCUT2D eigenvalue weighted by Crippen LogP contribution is 2.31. The molecule has 1 aliphatic rings. The lowest BCUT2D eigenvalue weighted by Gasteiger charge is -2.37. The fourth-order valence-corrected chi connectivity index (χ4v) is 3.10. The van der Waals surface area contributed by atoms with E-state index in [4.69, 9.17) is 0 Å². The first-order valence-electron chi connectivity index (χ1n) is 5.61. The second-order valence-electron chi connectivity index (χ2n) is 4.94. The van der Waals surface area contributed by atoms with Crippen LogP contribution in [0, 0.1) is 5.41 Å². The van der Waals surface area contributed by atoms with Crippen molar-refractivity contribution in [2.45, 2.75) is 19.8 Å². The van der Waals surface area contributed by atoms with Gasteiger partial charge in [-0.05, 0) is 54.3 Å². The van der Waals surface area contributed by atoms with Crippen LogP contribution in [0.3, 0.4) is 0 Å². The molecule has 0 radical (unpaired) electrons. The molecule has 1 aromatic heterocycles. The van der Waals surface area contributed by atoms with Gasteiger partial charge in [0.15, 0.2) is 5.13 Å². The number of nitrogens with one attached hydrogen (secondary N) is 1. The van der Waals surface area contributed by atoms with Crippen LogP contribution >= 0.6 is 27.3 Å². The minimum atomic E-state index is 0.421. The summed E-state index contributed by atoms with van der Waals surface area (Å²) in [6, 6.07) is 0. The molecular formula is C11H18BrN3S. The number of hydrogen-bond donors (Lipinski definition) is 1. The Kier molecular flexibility index (Phi) is 3.87. The van der Waals surface area contributed by atoms with Crippen molar-refractivity contribution in [1.82, 2.24) is 9.88 Å². The molecule has 3 nitrogen and oxygen atoms in total. The summed E-state index contributed by atoms with van der Waals surface area (Å²) < 4.78 is 0.925. The molecule has 0 amide bonds. The van der Waals surface area contributed by atoms with Gasteiger partial charge in [0.2, 0.25) is 0 Å². The van der Waals surface area contributed by atoms with Gasteiger partial charge in [0, 0.05) is 11.9 Å². The minimum Gasteiger partial charge on any atom is -0.361 e. The Hall–Kier alpha value is -0.130. The molecule has 0 aliphatic carbocycles. The summed E-state index contributed by atoms with van der Waals surface area (Å²) in [5.74, 6) is 0. The molecule has 1 saturated heterocycles. The fourth-order valence-electron chi connectivity index (χ4n) is 1.96. The molecule has 0 unspecified atom stereocenters. The highest BCUT2D eigenvalue weighted by atomic mass is 79.9. The summed E-state index contributed by atoms with van der Waals surface area (Å²) >= 11 is 5.03. The quantitative estimate of drug-likeness (QED) is 0.930. The number of likely N-dealkylation sites (tertiary alicyclic amines) is 1. The van der Waals surface area contributed by atoms with E-state index in [-0.39, 0.29) is 0 Å². The summed E-state index contributed by atoms with van der Waals surface area (Å²) in [6.45, 7) is 5.82. The van der Waals surface area contributed by atoms with Gasteiger partial charge in [-0.25, -0.2) is 4.98 Å². The zero-order valence-electron chi connectivity index (χ0n) is 9.79. The van der Waals surface area contributed by atoms with Crippen LogP contribution in [0.4, 0.5) is 5.13 Å². The summed E-state index contributed by atoms with van der Waals surface area (Å²) in [7, 11) is 2.20. The molecule has 16 heavy (non-hydrogen) atoms. The standard InChI is InChI=1S/C11H18BrN3S/c1-11(3-5-15(2)6-4-11)8-13-10-14-9(12)7-16-10/h7H,3-6,8H2,1-2H3,(H,13,14). The Balaban J connectivity index is 1.85. The van der Waals surface area contributed by atoms with Crippen molar-refractivity contribution < 1.29 is 0 Å². The van der Waals surface area contributed by atoms with E-state index >= 15 is 0 Å². The van der Waals surface area contributed by atoms with Crippen LogP contribution in [0.2, 0.25) is 0 Å².